The van der Waals surface area contributed by atoms with Gasteiger partial charge in [-0.2, -0.15) is 0 Å². The number of carbonyl (C=O) groups is 3. The lowest BCUT2D eigenvalue weighted by Crippen LogP contribution is -2.62. The number of urea groups is 1. The number of carbonyl (C=O) groups excluding carboxylic acids is 3. The van der Waals surface area contributed by atoms with Crippen molar-refractivity contribution in [3.63, 3.8) is 0 Å². The van der Waals surface area contributed by atoms with Crippen LogP contribution in [0.15, 0.2) is 24.3 Å². The van der Waals surface area contributed by atoms with E-state index in [2.05, 4.69) is 10.1 Å². The summed E-state index contributed by atoms with van der Waals surface area (Å²) < 4.78 is 45.0. The fourth-order valence-electron chi connectivity index (χ4n) is 2.39. The Morgan fingerprint density at radius 1 is 1.31 bits per heavy atom. The van der Waals surface area contributed by atoms with Crippen molar-refractivity contribution in [3.8, 4) is 5.75 Å². The number of rotatable bonds is 5. The van der Waals surface area contributed by atoms with Crippen molar-refractivity contribution >= 4 is 17.9 Å². The molecule has 2 atom stereocenters. The van der Waals surface area contributed by atoms with Gasteiger partial charge in [0.15, 0.2) is 0 Å². The van der Waals surface area contributed by atoms with Crippen molar-refractivity contribution in [3.05, 3.63) is 29.8 Å². The van der Waals surface area contributed by atoms with Gasteiger partial charge in [0.2, 0.25) is 5.91 Å². The van der Waals surface area contributed by atoms with Gasteiger partial charge in [-0.1, -0.05) is 12.1 Å². The summed E-state index contributed by atoms with van der Waals surface area (Å²) in [5.74, 6) is -1.56. The molecule has 1 aromatic rings. The van der Waals surface area contributed by atoms with Crippen LogP contribution in [0.2, 0.25) is 0 Å². The summed E-state index contributed by atoms with van der Waals surface area (Å²) >= 11 is 0. The summed E-state index contributed by atoms with van der Waals surface area (Å²) in [5.41, 5.74) is 0.494. The van der Waals surface area contributed by atoms with Gasteiger partial charge in [-0.15, -0.1) is 13.2 Å². The standard InChI is InChI=1S/C16H17F3N2O5/c1-3-25-14(23)12-8-13(22)21(12)15(24)20-9(2)10-4-6-11(7-5-10)26-16(17,18)19/h4-7,9,12H,3,8H2,1-2H3,(H,20,24). The minimum atomic E-state index is -4.79. The molecule has 0 radical (unpaired) electrons. The number of nitrogens with one attached hydrogen (secondary N) is 1. The lowest BCUT2D eigenvalue weighted by Gasteiger charge is -2.37. The summed E-state index contributed by atoms with van der Waals surface area (Å²) in [6.45, 7) is 3.32. The first-order valence-corrected chi connectivity index (χ1v) is 7.77. The Kier molecular flexibility index (Phi) is 5.73. The molecule has 0 aliphatic carbocycles. The first-order valence-electron chi connectivity index (χ1n) is 7.77. The van der Waals surface area contributed by atoms with Crippen LogP contribution in [0.4, 0.5) is 18.0 Å². The van der Waals surface area contributed by atoms with E-state index in [9.17, 15) is 27.6 Å². The number of imide groups is 1. The van der Waals surface area contributed by atoms with Crippen molar-refractivity contribution in [2.75, 3.05) is 6.61 Å². The minimum Gasteiger partial charge on any atom is -0.464 e. The van der Waals surface area contributed by atoms with Crippen molar-refractivity contribution in [2.24, 2.45) is 0 Å². The van der Waals surface area contributed by atoms with Gasteiger partial charge in [0.1, 0.15) is 11.8 Å². The van der Waals surface area contributed by atoms with Gasteiger partial charge in [-0.05, 0) is 31.5 Å². The van der Waals surface area contributed by atoms with E-state index in [0.717, 1.165) is 17.0 Å². The number of β-lactam (4-membered cyclic amide) rings is 1. The Morgan fingerprint density at radius 3 is 2.42 bits per heavy atom. The van der Waals surface area contributed by atoms with Crippen molar-refractivity contribution in [2.45, 2.75) is 38.7 Å². The van der Waals surface area contributed by atoms with Crippen LogP contribution in [0.5, 0.6) is 5.75 Å². The lowest BCUT2D eigenvalue weighted by molar-refractivity contribution is -0.274. The Bertz CT molecular complexity index is 690. The van der Waals surface area contributed by atoms with E-state index in [1.807, 2.05) is 0 Å². The number of alkyl halides is 3. The summed E-state index contributed by atoms with van der Waals surface area (Å²) in [7, 11) is 0. The zero-order chi connectivity index (χ0) is 19.5. The van der Waals surface area contributed by atoms with Gasteiger partial charge >= 0.3 is 18.4 Å². The zero-order valence-corrected chi connectivity index (χ0v) is 14.0. The Labute approximate surface area is 147 Å². The Hall–Kier alpha value is -2.78. The van der Waals surface area contributed by atoms with Crippen LogP contribution in [0.1, 0.15) is 31.9 Å². The number of halogens is 3. The molecule has 142 valence electrons. The summed E-state index contributed by atoms with van der Waals surface area (Å²) in [5, 5.41) is 2.52. The van der Waals surface area contributed by atoms with E-state index in [1.54, 1.807) is 13.8 Å². The van der Waals surface area contributed by atoms with Gasteiger partial charge in [0.05, 0.1) is 19.1 Å². The van der Waals surface area contributed by atoms with Crippen molar-refractivity contribution in [1.82, 2.24) is 10.2 Å². The maximum Gasteiger partial charge on any atom is 0.573 e. The van der Waals surface area contributed by atoms with Gasteiger partial charge in [0.25, 0.3) is 0 Å². The smallest absolute Gasteiger partial charge is 0.464 e. The first kappa shape index (κ1) is 19.5. The Morgan fingerprint density at radius 2 is 1.92 bits per heavy atom. The quantitative estimate of drug-likeness (QED) is 0.632. The molecule has 10 heteroatoms. The second-order valence-corrected chi connectivity index (χ2v) is 5.52. The molecule has 1 aromatic carbocycles. The lowest BCUT2D eigenvalue weighted by atomic mass is 10.0. The van der Waals surface area contributed by atoms with E-state index in [-0.39, 0.29) is 18.8 Å². The molecule has 0 aromatic heterocycles. The largest absolute Gasteiger partial charge is 0.573 e. The van der Waals surface area contributed by atoms with Crippen LogP contribution in [-0.2, 0) is 14.3 Å². The third kappa shape index (κ3) is 4.64. The second-order valence-electron chi connectivity index (χ2n) is 5.52. The first-order chi connectivity index (χ1) is 12.1. The number of ether oxygens (including phenoxy) is 2. The molecule has 3 amide bonds. The maximum atomic E-state index is 12.2. The molecular weight excluding hydrogens is 357 g/mol. The molecule has 1 heterocycles. The molecular formula is C16H17F3N2O5. The average Bonchev–Trinajstić information content (AvgIpc) is 2.51. The fraction of sp³-hybridized carbons (Fsp3) is 0.438. The minimum absolute atomic E-state index is 0.107. The number of amides is 3. The van der Waals surface area contributed by atoms with Crippen LogP contribution in [0, 0.1) is 0 Å². The molecule has 1 aliphatic rings. The van der Waals surface area contributed by atoms with E-state index < -0.39 is 36.4 Å². The third-order valence-electron chi connectivity index (χ3n) is 3.68. The topological polar surface area (TPSA) is 84.9 Å². The summed E-state index contributed by atoms with van der Waals surface area (Å²) in [4.78, 5) is 36.3. The molecule has 0 saturated carbocycles. The molecule has 1 aliphatic heterocycles. The van der Waals surface area contributed by atoms with Crippen molar-refractivity contribution < 1.29 is 37.0 Å². The number of hydrogen-bond acceptors (Lipinski definition) is 5. The highest BCUT2D eigenvalue weighted by molar-refractivity contribution is 6.06. The van der Waals surface area contributed by atoms with E-state index >= 15 is 0 Å². The normalized spacial score (nSPS) is 18.0. The van der Waals surface area contributed by atoms with Crippen molar-refractivity contribution in [1.29, 1.82) is 0 Å². The summed E-state index contributed by atoms with van der Waals surface area (Å²) in [6, 6.07) is 2.58. The monoisotopic (exact) mass is 374 g/mol. The van der Waals surface area contributed by atoms with Gasteiger partial charge in [0, 0.05) is 0 Å². The van der Waals surface area contributed by atoms with Crippen LogP contribution in [-0.4, -0.2) is 41.8 Å². The number of nitrogens with zero attached hydrogens (tertiary/aromatic N) is 1. The van der Waals surface area contributed by atoms with E-state index in [1.165, 1.54) is 12.1 Å². The van der Waals surface area contributed by atoms with Gasteiger partial charge in [-0.25, -0.2) is 14.5 Å². The number of benzene rings is 1. The van der Waals surface area contributed by atoms with Crippen LogP contribution in [0.3, 0.4) is 0 Å². The molecule has 26 heavy (non-hydrogen) atoms. The average molecular weight is 374 g/mol. The zero-order valence-electron chi connectivity index (χ0n) is 14.0. The highest BCUT2D eigenvalue weighted by atomic mass is 19.4. The van der Waals surface area contributed by atoms with E-state index in [4.69, 9.17) is 4.74 Å². The predicted octanol–water partition coefficient (Wildman–Crippen LogP) is 2.52. The van der Waals surface area contributed by atoms with Crippen LogP contribution < -0.4 is 10.1 Å². The predicted molar refractivity (Wildman–Crippen MR) is 82.0 cm³/mol. The van der Waals surface area contributed by atoms with Crippen LogP contribution >= 0.6 is 0 Å². The number of hydrogen-bond donors (Lipinski definition) is 1. The van der Waals surface area contributed by atoms with E-state index in [0.29, 0.717) is 5.56 Å². The molecule has 0 spiro atoms. The fourth-order valence-corrected chi connectivity index (χ4v) is 2.39. The number of likely N-dealkylation sites (tertiary alicyclic amines) is 1. The molecule has 1 saturated heterocycles. The molecule has 0 bridgehead atoms. The highest BCUT2D eigenvalue weighted by Gasteiger charge is 2.46. The van der Waals surface area contributed by atoms with Gasteiger partial charge in [-0.3, -0.25) is 4.79 Å². The van der Waals surface area contributed by atoms with Crippen LogP contribution in [0.25, 0.3) is 0 Å². The highest BCUT2D eigenvalue weighted by Crippen LogP contribution is 2.25. The molecule has 1 N–H and O–H groups in total. The second kappa shape index (κ2) is 7.63. The Balaban J connectivity index is 1.98. The van der Waals surface area contributed by atoms with Gasteiger partial charge < -0.3 is 14.8 Å². The molecule has 2 rings (SSSR count). The number of esters is 1. The molecule has 2 unspecified atom stereocenters. The molecule has 1 fully saturated rings. The SMILES string of the molecule is CCOC(=O)C1CC(=O)N1C(=O)NC(C)c1ccc(OC(F)(F)F)cc1. The molecule has 7 nitrogen and oxygen atoms in total. The third-order valence-corrected chi connectivity index (χ3v) is 3.68. The summed E-state index contributed by atoms with van der Waals surface area (Å²) in [6.07, 6.45) is -4.90. The maximum absolute atomic E-state index is 12.2.